The van der Waals surface area contributed by atoms with Gasteiger partial charge in [-0.3, -0.25) is 4.99 Å². The molecule has 2 aromatic rings. The lowest BCUT2D eigenvalue weighted by Crippen LogP contribution is -2.17. The third-order valence-corrected chi connectivity index (χ3v) is 4.87. The monoisotopic (exact) mass is 443 g/mol. The highest BCUT2D eigenvalue weighted by Crippen LogP contribution is 2.35. The molecular weight excluding hydrogens is 427 g/mol. The fourth-order valence-corrected chi connectivity index (χ4v) is 3.42. The molecule has 0 aliphatic carbocycles. The highest BCUT2D eigenvalue weighted by molar-refractivity contribution is 9.10. The number of aryl methyl sites for hydroxylation is 1. The van der Waals surface area contributed by atoms with Gasteiger partial charge in [-0.2, -0.15) is 0 Å². The Hall–Kier alpha value is -2.06. The van der Waals surface area contributed by atoms with Gasteiger partial charge in [-0.1, -0.05) is 12.1 Å². The van der Waals surface area contributed by atoms with Crippen molar-refractivity contribution in [2.24, 2.45) is 4.99 Å². The number of fused-ring (bicyclic) bond motifs is 1. The zero-order chi connectivity index (χ0) is 19.6. The molecule has 27 heavy (non-hydrogen) atoms. The predicted molar refractivity (Wildman–Crippen MR) is 98.8 cm³/mol. The van der Waals surface area contributed by atoms with Crippen molar-refractivity contribution in [1.82, 2.24) is 0 Å². The fraction of sp³-hybridized carbons (Fsp3) is 0.316. The maximum absolute atomic E-state index is 12.4. The Morgan fingerprint density at radius 2 is 1.93 bits per heavy atom. The van der Waals surface area contributed by atoms with Crippen LogP contribution in [0.25, 0.3) is 0 Å². The lowest BCUT2D eigenvalue weighted by molar-refractivity contribution is -0.274. The first-order valence-electron chi connectivity index (χ1n) is 8.24. The molecule has 1 aliphatic rings. The Balaban J connectivity index is 1.89. The molecule has 0 aromatic heterocycles. The maximum atomic E-state index is 12.4. The van der Waals surface area contributed by atoms with Crippen molar-refractivity contribution in [3.05, 3.63) is 52.0 Å². The van der Waals surface area contributed by atoms with Crippen molar-refractivity contribution in [2.75, 3.05) is 7.11 Å². The lowest BCUT2D eigenvalue weighted by atomic mass is 10.0. The van der Waals surface area contributed by atoms with E-state index < -0.39 is 12.5 Å². The summed E-state index contributed by atoms with van der Waals surface area (Å²) < 4.78 is 46.5. The van der Waals surface area contributed by atoms with E-state index in [1.165, 1.54) is 18.2 Å². The predicted octanol–water partition coefficient (Wildman–Crippen LogP) is 5.50. The first-order chi connectivity index (χ1) is 12.8. The molecule has 4 nitrogen and oxygen atoms in total. The first-order valence-corrected chi connectivity index (χ1v) is 9.04. The molecule has 1 aliphatic heterocycles. The smallest absolute Gasteiger partial charge is 0.497 e. The van der Waals surface area contributed by atoms with Gasteiger partial charge in [0.25, 0.3) is 0 Å². The van der Waals surface area contributed by atoms with Crippen LogP contribution >= 0.6 is 15.9 Å². The van der Waals surface area contributed by atoms with E-state index in [4.69, 9.17) is 4.74 Å². The zero-order valence-electron chi connectivity index (χ0n) is 14.4. The SMILES string of the molecule is COc1ccc2c(c1)N=C(C(O)c1ccc(OC(F)(F)F)c(Br)c1)CCC2. The average molecular weight is 444 g/mol. The van der Waals surface area contributed by atoms with Gasteiger partial charge in [0.1, 0.15) is 17.6 Å². The van der Waals surface area contributed by atoms with Crippen LogP contribution in [0.4, 0.5) is 18.9 Å². The van der Waals surface area contributed by atoms with Crippen molar-refractivity contribution < 1.29 is 27.8 Å². The molecular formula is C19H17BrF3NO3. The van der Waals surface area contributed by atoms with Gasteiger partial charge < -0.3 is 14.6 Å². The van der Waals surface area contributed by atoms with Gasteiger partial charge in [0.2, 0.25) is 0 Å². The second-order valence-electron chi connectivity index (χ2n) is 6.09. The van der Waals surface area contributed by atoms with E-state index in [1.807, 2.05) is 18.2 Å². The normalized spacial score (nSPS) is 15.4. The summed E-state index contributed by atoms with van der Waals surface area (Å²) in [7, 11) is 1.57. The molecule has 1 N–H and O–H groups in total. The number of methoxy groups -OCH3 is 1. The van der Waals surface area contributed by atoms with Gasteiger partial charge in [0.15, 0.2) is 0 Å². The lowest BCUT2D eigenvalue weighted by Gasteiger charge is -2.16. The molecule has 0 radical (unpaired) electrons. The highest BCUT2D eigenvalue weighted by atomic mass is 79.9. The Kier molecular flexibility index (Phi) is 5.76. The van der Waals surface area contributed by atoms with E-state index in [0.29, 0.717) is 23.4 Å². The number of nitrogens with zero attached hydrogens (tertiary/aromatic N) is 1. The molecule has 0 bridgehead atoms. The Morgan fingerprint density at radius 3 is 2.59 bits per heavy atom. The van der Waals surface area contributed by atoms with Gasteiger partial charge in [-0.05, 0) is 64.5 Å². The minimum absolute atomic E-state index is 0.104. The summed E-state index contributed by atoms with van der Waals surface area (Å²) in [6.45, 7) is 0. The van der Waals surface area contributed by atoms with Gasteiger partial charge in [-0.25, -0.2) is 0 Å². The number of aliphatic imine (C=N–C) groups is 1. The molecule has 3 rings (SSSR count). The van der Waals surface area contributed by atoms with Gasteiger partial charge in [-0.15, -0.1) is 13.2 Å². The Morgan fingerprint density at radius 1 is 1.15 bits per heavy atom. The van der Waals surface area contributed by atoms with Crippen molar-refractivity contribution in [3.63, 3.8) is 0 Å². The number of aliphatic hydroxyl groups is 1. The molecule has 2 aromatic carbocycles. The number of hydrogen-bond acceptors (Lipinski definition) is 4. The van der Waals surface area contributed by atoms with Crippen LogP contribution in [0, 0.1) is 0 Å². The van der Waals surface area contributed by atoms with E-state index in [-0.39, 0.29) is 10.2 Å². The number of aliphatic hydroxyl groups excluding tert-OH is 1. The standard InChI is InChI=1S/C19H17BrF3NO3/c1-26-13-7-5-11-3-2-4-15(24-16(11)10-13)18(25)12-6-8-17(14(20)9-12)27-19(21,22)23/h5-10,18,25H,2-4H2,1H3. The van der Waals surface area contributed by atoms with Crippen LogP contribution < -0.4 is 9.47 Å². The topological polar surface area (TPSA) is 51.0 Å². The Labute approximate surface area is 162 Å². The van der Waals surface area contributed by atoms with Crippen LogP contribution in [0.15, 0.2) is 45.9 Å². The third-order valence-electron chi connectivity index (χ3n) is 4.25. The molecule has 0 spiro atoms. The first kappa shape index (κ1) is 19.7. The van der Waals surface area contributed by atoms with Crippen LogP contribution in [0.1, 0.15) is 30.1 Å². The second-order valence-corrected chi connectivity index (χ2v) is 6.95. The molecule has 144 valence electrons. The van der Waals surface area contributed by atoms with Crippen LogP contribution in [-0.2, 0) is 6.42 Å². The highest BCUT2D eigenvalue weighted by Gasteiger charge is 2.32. The van der Waals surface area contributed by atoms with Crippen molar-refractivity contribution in [3.8, 4) is 11.5 Å². The summed E-state index contributed by atoms with van der Waals surface area (Å²) in [5, 5.41) is 10.7. The van der Waals surface area contributed by atoms with Crippen LogP contribution in [0.5, 0.6) is 11.5 Å². The fourth-order valence-electron chi connectivity index (χ4n) is 2.94. The average Bonchev–Trinajstić information content (AvgIpc) is 2.83. The minimum atomic E-state index is -4.78. The van der Waals surface area contributed by atoms with Crippen molar-refractivity contribution in [2.45, 2.75) is 31.7 Å². The maximum Gasteiger partial charge on any atom is 0.573 e. The molecule has 1 heterocycles. The molecule has 0 saturated heterocycles. The van der Waals surface area contributed by atoms with Crippen LogP contribution in [0.3, 0.4) is 0 Å². The number of hydrogen-bond donors (Lipinski definition) is 1. The largest absolute Gasteiger partial charge is 0.573 e. The van der Waals surface area contributed by atoms with Crippen molar-refractivity contribution in [1.29, 1.82) is 0 Å². The van der Waals surface area contributed by atoms with Crippen LogP contribution in [-0.4, -0.2) is 24.3 Å². The molecule has 0 amide bonds. The summed E-state index contributed by atoms with van der Waals surface area (Å²) in [5.74, 6) is 0.306. The summed E-state index contributed by atoms with van der Waals surface area (Å²) in [5.41, 5.74) is 2.78. The zero-order valence-corrected chi connectivity index (χ0v) is 16.0. The van der Waals surface area contributed by atoms with Crippen molar-refractivity contribution >= 4 is 27.3 Å². The molecule has 1 atom stereocenters. The number of halogens is 4. The van der Waals surface area contributed by atoms with Crippen LogP contribution in [0.2, 0.25) is 0 Å². The number of alkyl halides is 3. The molecule has 0 fully saturated rings. The number of ether oxygens (including phenoxy) is 2. The van der Waals surface area contributed by atoms with Gasteiger partial charge in [0.05, 0.1) is 23.0 Å². The number of rotatable bonds is 4. The summed E-state index contributed by atoms with van der Waals surface area (Å²) in [6.07, 6.45) is -3.60. The number of benzene rings is 2. The quantitative estimate of drug-likeness (QED) is 0.678. The molecule has 8 heteroatoms. The van der Waals surface area contributed by atoms with Gasteiger partial charge >= 0.3 is 6.36 Å². The van der Waals surface area contributed by atoms with E-state index in [9.17, 15) is 18.3 Å². The van der Waals surface area contributed by atoms with Gasteiger partial charge in [0, 0.05) is 6.07 Å². The minimum Gasteiger partial charge on any atom is -0.497 e. The molecule has 0 saturated carbocycles. The van der Waals surface area contributed by atoms with E-state index in [2.05, 4.69) is 25.7 Å². The summed E-state index contributed by atoms with van der Waals surface area (Å²) >= 11 is 3.06. The second kappa shape index (κ2) is 7.90. The van der Waals surface area contributed by atoms with E-state index >= 15 is 0 Å². The Bertz CT molecular complexity index is 868. The third kappa shape index (κ3) is 4.81. The van der Waals surface area contributed by atoms with E-state index in [0.717, 1.165) is 24.1 Å². The summed E-state index contributed by atoms with van der Waals surface area (Å²) in [4.78, 5) is 4.60. The summed E-state index contributed by atoms with van der Waals surface area (Å²) in [6, 6.07) is 9.61. The molecule has 1 unspecified atom stereocenters. The van der Waals surface area contributed by atoms with E-state index in [1.54, 1.807) is 7.11 Å².